The largest absolute Gasteiger partial charge is 0.744 e. The molecule has 22 heavy (non-hydrogen) atoms. The first-order chi connectivity index (χ1) is 10.0. The summed E-state index contributed by atoms with van der Waals surface area (Å²) < 4.78 is 80.7. The van der Waals surface area contributed by atoms with E-state index in [1.165, 1.54) is 0 Å². The average molecular weight is 341 g/mol. The molecule has 0 amide bonds. The highest BCUT2D eigenvalue weighted by molar-refractivity contribution is 7.85. The molecule has 0 aliphatic rings. The first-order valence-corrected chi connectivity index (χ1v) is 6.92. The van der Waals surface area contributed by atoms with Gasteiger partial charge in [0.15, 0.2) is 11.6 Å². The topological polar surface area (TPSA) is 110 Å². The van der Waals surface area contributed by atoms with Crippen LogP contribution in [0.4, 0.5) is 13.2 Å². The number of benzene rings is 1. The lowest BCUT2D eigenvalue weighted by Crippen LogP contribution is -2.15. The second kappa shape index (κ2) is 6.75. The van der Waals surface area contributed by atoms with E-state index in [0.717, 1.165) is 6.92 Å². The average Bonchev–Trinajstić information content (AvgIpc) is 2.33. The number of halogens is 3. The molecule has 0 saturated heterocycles. The number of rotatable bonds is 5. The van der Waals surface area contributed by atoms with E-state index < -0.39 is 63.2 Å². The van der Waals surface area contributed by atoms with Crippen LogP contribution < -0.4 is 4.74 Å². The fourth-order valence-electron chi connectivity index (χ4n) is 1.31. The molecule has 0 spiro atoms. The summed E-state index contributed by atoms with van der Waals surface area (Å²) in [6.07, 6.45) is -0.538. The van der Waals surface area contributed by atoms with Crippen LogP contribution in [0.3, 0.4) is 0 Å². The van der Waals surface area contributed by atoms with E-state index in [2.05, 4.69) is 9.47 Å². The molecule has 0 aliphatic heterocycles. The highest BCUT2D eigenvalue weighted by Gasteiger charge is 2.25. The van der Waals surface area contributed by atoms with Gasteiger partial charge in [-0.25, -0.2) is 17.2 Å². The molecule has 0 bridgehead atoms. The van der Waals surface area contributed by atoms with Crippen LogP contribution in [-0.2, 0) is 24.4 Å². The molecule has 0 heterocycles. The Morgan fingerprint density at radius 3 is 2.32 bits per heavy atom. The maximum Gasteiger partial charge on any atom is 0.314 e. The first-order valence-electron chi connectivity index (χ1n) is 5.51. The highest BCUT2D eigenvalue weighted by Crippen LogP contribution is 2.28. The van der Waals surface area contributed by atoms with Crippen LogP contribution in [0.2, 0.25) is 0 Å². The maximum absolute atomic E-state index is 13.5. The van der Waals surface area contributed by atoms with E-state index in [0.29, 0.717) is 0 Å². The third kappa shape index (κ3) is 4.43. The summed E-state index contributed by atoms with van der Waals surface area (Å²) in [5.74, 6) is -9.35. The van der Waals surface area contributed by atoms with Gasteiger partial charge in [0.25, 0.3) is 0 Å². The van der Waals surface area contributed by atoms with Crippen molar-refractivity contribution in [3.05, 3.63) is 23.5 Å². The molecule has 0 saturated carbocycles. The van der Waals surface area contributed by atoms with Crippen LogP contribution in [0.1, 0.15) is 13.3 Å². The quantitative estimate of drug-likeness (QED) is 0.338. The van der Waals surface area contributed by atoms with Crippen molar-refractivity contribution >= 4 is 22.1 Å². The van der Waals surface area contributed by atoms with Gasteiger partial charge in [0.05, 0.1) is 6.42 Å². The van der Waals surface area contributed by atoms with Gasteiger partial charge in [0.1, 0.15) is 27.4 Å². The number of esters is 2. The Balaban J connectivity index is 2.99. The Kier molecular flexibility index (Phi) is 5.49. The zero-order valence-electron chi connectivity index (χ0n) is 10.9. The summed E-state index contributed by atoms with van der Waals surface area (Å²) in [6.45, 7) is 0.658. The van der Waals surface area contributed by atoms with Crippen LogP contribution in [0.5, 0.6) is 5.75 Å². The normalized spacial score (nSPS) is 11.1. The number of carbonyl (C=O) groups is 2. The minimum Gasteiger partial charge on any atom is -0.744 e. The van der Waals surface area contributed by atoms with Crippen molar-refractivity contribution in [3.8, 4) is 5.75 Å². The second-order valence-corrected chi connectivity index (χ2v) is 5.15. The fourth-order valence-corrected chi connectivity index (χ4v) is 1.92. The maximum atomic E-state index is 13.5. The molecular weight excluding hydrogens is 333 g/mol. The fraction of sp³-hybridized carbons (Fsp3) is 0.273. The second-order valence-electron chi connectivity index (χ2n) is 3.83. The number of carbonyl (C=O) groups excluding carboxylic acids is 2. The van der Waals surface area contributed by atoms with Crippen molar-refractivity contribution in [2.24, 2.45) is 0 Å². The molecule has 1 rings (SSSR count). The molecule has 7 nitrogen and oxygen atoms in total. The van der Waals surface area contributed by atoms with Gasteiger partial charge in [-0.05, 0) is 0 Å². The van der Waals surface area contributed by atoms with Crippen LogP contribution in [0.15, 0.2) is 11.0 Å². The molecular formula is C11H8F3O7S-. The molecule has 1 aromatic rings. The molecule has 0 atom stereocenters. The molecule has 122 valence electrons. The zero-order valence-corrected chi connectivity index (χ0v) is 11.7. The molecule has 1 aromatic carbocycles. The summed E-state index contributed by atoms with van der Waals surface area (Å²) in [7, 11) is -5.59. The van der Waals surface area contributed by atoms with Crippen LogP contribution >= 0.6 is 0 Å². The smallest absolute Gasteiger partial charge is 0.314 e. The van der Waals surface area contributed by atoms with E-state index >= 15 is 0 Å². The predicted molar refractivity (Wildman–Crippen MR) is 61.2 cm³/mol. The lowest BCUT2D eigenvalue weighted by atomic mass is 10.3. The van der Waals surface area contributed by atoms with Gasteiger partial charge in [0.2, 0.25) is 5.82 Å². The van der Waals surface area contributed by atoms with Crippen LogP contribution in [0.25, 0.3) is 0 Å². The summed E-state index contributed by atoms with van der Waals surface area (Å²) in [5.41, 5.74) is 0. The van der Waals surface area contributed by atoms with E-state index in [-0.39, 0.29) is 6.07 Å². The predicted octanol–water partition coefficient (Wildman–Crippen LogP) is 0.867. The van der Waals surface area contributed by atoms with Crippen LogP contribution in [0, 0.1) is 17.5 Å². The summed E-state index contributed by atoms with van der Waals surface area (Å²) in [4.78, 5) is 19.7. The van der Waals surface area contributed by atoms with Crippen molar-refractivity contribution in [3.63, 3.8) is 0 Å². The van der Waals surface area contributed by atoms with Gasteiger partial charge in [-0.2, -0.15) is 4.39 Å². The van der Waals surface area contributed by atoms with Crippen molar-refractivity contribution in [2.75, 3.05) is 6.61 Å². The Bertz CT molecular complexity index is 715. The molecule has 0 N–H and O–H groups in total. The lowest BCUT2D eigenvalue weighted by Gasteiger charge is -2.12. The highest BCUT2D eigenvalue weighted by atomic mass is 32.2. The van der Waals surface area contributed by atoms with Crippen LogP contribution in [-0.4, -0.2) is 31.5 Å². The third-order valence-corrected chi connectivity index (χ3v) is 3.04. The van der Waals surface area contributed by atoms with Crippen molar-refractivity contribution in [1.29, 1.82) is 0 Å². The Labute approximate surface area is 122 Å². The van der Waals surface area contributed by atoms with E-state index in [4.69, 9.17) is 0 Å². The van der Waals surface area contributed by atoms with E-state index in [1.807, 2.05) is 0 Å². The molecule has 0 aromatic heterocycles. The number of hydrogen-bond acceptors (Lipinski definition) is 7. The third-order valence-electron chi connectivity index (χ3n) is 2.17. The molecule has 0 radical (unpaired) electrons. The molecule has 0 aliphatic carbocycles. The Morgan fingerprint density at radius 1 is 1.23 bits per heavy atom. The van der Waals surface area contributed by atoms with Crippen molar-refractivity contribution in [1.82, 2.24) is 0 Å². The Morgan fingerprint density at radius 2 is 1.82 bits per heavy atom. The summed E-state index contributed by atoms with van der Waals surface area (Å²) in [5, 5.41) is 0. The lowest BCUT2D eigenvalue weighted by molar-refractivity contribution is -0.143. The van der Waals surface area contributed by atoms with Crippen molar-refractivity contribution < 1.29 is 45.2 Å². The number of ether oxygens (including phenoxy) is 2. The molecule has 11 heteroatoms. The molecule has 0 unspecified atom stereocenters. The monoisotopic (exact) mass is 341 g/mol. The van der Waals surface area contributed by atoms with Gasteiger partial charge in [-0.15, -0.1) is 0 Å². The molecule has 0 fully saturated rings. The zero-order chi connectivity index (χ0) is 17.1. The SMILES string of the molecule is CC(=O)OCCC(=O)Oc1cc(F)c(S(=O)(=O)[O-])c(F)c1F. The van der Waals surface area contributed by atoms with Gasteiger partial charge in [0, 0.05) is 13.0 Å². The summed E-state index contributed by atoms with van der Waals surface area (Å²) >= 11 is 0. The number of hydrogen-bond donors (Lipinski definition) is 0. The van der Waals surface area contributed by atoms with Gasteiger partial charge < -0.3 is 14.0 Å². The summed E-state index contributed by atoms with van der Waals surface area (Å²) in [6, 6.07) is 0.0485. The van der Waals surface area contributed by atoms with E-state index in [9.17, 15) is 35.7 Å². The van der Waals surface area contributed by atoms with Gasteiger partial charge in [-0.3, -0.25) is 9.59 Å². The standard InChI is InChI=1S/C11H9F3O7S/c1-5(15)20-3-2-8(16)21-7-4-6(12)11(22(17,18)19)10(14)9(7)13/h4H,2-3H2,1H3,(H,17,18,19)/p-1. The van der Waals surface area contributed by atoms with Gasteiger partial charge >= 0.3 is 11.9 Å². The minimum absolute atomic E-state index is 0.0485. The van der Waals surface area contributed by atoms with Crippen molar-refractivity contribution in [2.45, 2.75) is 18.2 Å². The van der Waals surface area contributed by atoms with Gasteiger partial charge in [-0.1, -0.05) is 0 Å². The Hall–Kier alpha value is -2.14. The first kappa shape index (κ1) is 17.9. The minimum atomic E-state index is -5.59. The van der Waals surface area contributed by atoms with E-state index in [1.54, 1.807) is 0 Å².